The van der Waals surface area contributed by atoms with E-state index in [9.17, 15) is 9.59 Å². The fraction of sp³-hybridized carbons (Fsp3) is 0.667. The molecule has 16 heavy (non-hydrogen) atoms. The highest BCUT2D eigenvalue weighted by molar-refractivity contribution is 6.02. The van der Waals surface area contributed by atoms with E-state index in [0.717, 1.165) is 19.3 Å². The first kappa shape index (κ1) is 12.7. The summed E-state index contributed by atoms with van der Waals surface area (Å²) in [6.45, 7) is 4.21. The van der Waals surface area contributed by atoms with E-state index in [1.165, 1.54) is 4.90 Å². The third kappa shape index (κ3) is 2.26. The molecule has 1 N–H and O–H groups in total. The first-order valence-electron chi connectivity index (χ1n) is 5.64. The van der Waals surface area contributed by atoms with Gasteiger partial charge in [0.25, 0.3) is 0 Å². The second-order valence-electron chi connectivity index (χ2n) is 4.40. The van der Waals surface area contributed by atoms with Crippen LogP contribution in [0.15, 0.2) is 12.7 Å². The molecule has 0 heterocycles. The quantitative estimate of drug-likeness (QED) is 0.425. The molecule has 1 aliphatic rings. The van der Waals surface area contributed by atoms with Gasteiger partial charge in [0.1, 0.15) is 5.41 Å². The Balaban J connectivity index is 2.55. The molecule has 4 nitrogen and oxygen atoms in total. The molecule has 0 bridgehead atoms. The molecule has 1 rings (SSSR count). The van der Waals surface area contributed by atoms with Crippen molar-refractivity contribution in [1.29, 1.82) is 0 Å². The van der Waals surface area contributed by atoms with E-state index < -0.39 is 11.4 Å². The second-order valence-corrected chi connectivity index (χ2v) is 4.40. The maximum absolute atomic E-state index is 12.0. The van der Waals surface area contributed by atoms with Crippen LogP contribution in [0.5, 0.6) is 0 Å². The summed E-state index contributed by atoms with van der Waals surface area (Å²) < 4.78 is 0. The van der Waals surface area contributed by atoms with E-state index in [2.05, 4.69) is 6.58 Å². The number of allylic oxidation sites excluding steroid dienone is 1. The van der Waals surface area contributed by atoms with Gasteiger partial charge in [-0.2, -0.15) is 0 Å². The summed E-state index contributed by atoms with van der Waals surface area (Å²) in [5.41, 5.74) is -1.12. The molecule has 0 saturated heterocycles. The number of carbonyl (C=O) groups is 2. The summed E-state index contributed by atoms with van der Waals surface area (Å²) in [7, 11) is 1.68. The lowest BCUT2D eigenvalue weighted by Gasteiger charge is -2.38. The predicted molar refractivity (Wildman–Crippen MR) is 61.0 cm³/mol. The van der Waals surface area contributed by atoms with Crippen molar-refractivity contribution in [2.45, 2.75) is 32.1 Å². The zero-order valence-corrected chi connectivity index (χ0v) is 9.74. The summed E-state index contributed by atoms with van der Waals surface area (Å²) in [5, 5.41) is 9.11. The summed E-state index contributed by atoms with van der Waals surface area (Å²) in [6.07, 6.45) is 5.27. The lowest BCUT2D eigenvalue weighted by Crippen LogP contribution is -2.51. The molecule has 0 spiro atoms. The number of carboxylic acid groups (broad SMARTS) is 1. The number of hydrogen-bond donors (Lipinski definition) is 1. The zero-order valence-electron chi connectivity index (χ0n) is 9.74. The molecule has 0 aliphatic heterocycles. The monoisotopic (exact) mass is 225 g/mol. The third-order valence-electron chi connectivity index (χ3n) is 3.27. The van der Waals surface area contributed by atoms with Gasteiger partial charge >= 0.3 is 5.97 Å². The SMILES string of the molecule is C=CCCCN(C)C(=O)C1(C(=O)O)CCC1. The van der Waals surface area contributed by atoms with Crippen LogP contribution >= 0.6 is 0 Å². The van der Waals surface area contributed by atoms with E-state index >= 15 is 0 Å². The van der Waals surface area contributed by atoms with Gasteiger partial charge in [-0.1, -0.05) is 12.5 Å². The number of nitrogens with zero attached hydrogens (tertiary/aromatic N) is 1. The van der Waals surface area contributed by atoms with Gasteiger partial charge in [0, 0.05) is 13.6 Å². The van der Waals surface area contributed by atoms with Crippen LogP contribution < -0.4 is 0 Å². The van der Waals surface area contributed by atoms with Gasteiger partial charge in [-0.05, 0) is 25.7 Å². The van der Waals surface area contributed by atoms with Gasteiger partial charge in [0.15, 0.2) is 0 Å². The molecule has 1 fully saturated rings. The van der Waals surface area contributed by atoms with Crippen LogP contribution in [0.25, 0.3) is 0 Å². The van der Waals surface area contributed by atoms with Crippen molar-refractivity contribution in [2.75, 3.05) is 13.6 Å². The number of unbranched alkanes of at least 4 members (excludes halogenated alkanes) is 1. The smallest absolute Gasteiger partial charge is 0.319 e. The first-order valence-corrected chi connectivity index (χ1v) is 5.64. The van der Waals surface area contributed by atoms with Crippen molar-refractivity contribution in [3.63, 3.8) is 0 Å². The van der Waals surface area contributed by atoms with Crippen LogP contribution in [0, 0.1) is 5.41 Å². The van der Waals surface area contributed by atoms with Crippen molar-refractivity contribution in [3.05, 3.63) is 12.7 Å². The molecule has 0 aromatic carbocycles. The Morgan fingerprint density at radius 1 is 1.50 bits per heavy atom. The zero-order chi connectivity index (χ0) is 12.2. The summed E-state index contributed by atoms with van der Waals surface area (Å²) in [5.74, 6) is -1.21. The topological polar surface area (TPSA) is 57.6 Å². The fourth-order valence-electron chi connectivity index (χ4n) is 1.99. The van der Waals surface area contributed by atoms with E-state index in [4.69, 9.17) is 5.11 Å². The number of amides is 1. The number of carbonyl (C=O) groups excluding carboxylic acids is 1. The van der Waals surface area contributed by atoms with Gasteiger partial charge < -0.3 is 10.0 Å². The molecule has 1 aliphatic carbocycles. The minimum atomic E-state index is -1.12. The molecule has 1 amide bonds. The Morgan fingerprint density at radius 3 is 2.50 bits per heavy atom. The van der Waals surface area contributed by atoms with Crippen LogP contribution in [-0.4, -0.2) is 35.5 Å². The van der Waals surface area contributed by atoms with Crippen molar-refractivity contribution in [2.24, 2.45) is 5.41 Å². The molecular formula is C12H19NO3. The highest BCUT2D eigenvalue weighted by Gasteiger charge is 2.52. The number of aliphatic carboxylic acids is 1. The summed E-state index contributed by atoms with van der Waals surface area (Å²) in [4.78, 5) is 24.7. The number of carboxylic acids is 1. The average molecular weight is 225 g/mol. The lowest BCUT2D eigenvalue weighted by molar-refractivity contribution is -0.166. The maximum atomic E-state index is 12.0. The minimum absolute atomic E-state index is 0.240. The van der Waals surface area contributed by atoms with E-state index in [1.54, 1.807) is 13.1 Å². The number of hydrogen-bond acceptors (Lipinski definition) is 2. The molecule has 0 aromatic heterocycles. The van der Waals surface area contributed by atoms with Crippen molar-refractivity contribution >= 4 is 11.9 Å². The normalized spacial score (nSPS) is 17.3. The molecule has 0 unspecified atom stereocenters. The fourth-order valence-corrected chi connectivity index (χ4v) is 1.99. The molecule has 90 valence electrons. The summed E-state index contributed by atoms with van der Waals surface area (Å²) in [6, 6.07) is 0. The van der Waals surface area contributed by atoms with Crippen LogP contribution in [0.1, 0.15) is 32.1 Å². The Bertz CT molecular complexity index is 295. The molecule has 0 radical (unpaired) electrons. The molecule has 0 atom stereocenters. The van der Waals surface area contributed by atoms with E-state index in [0.29, 0.717) is 19.4 Å². The molecule has 1 saturated carbocycles. The Kier molecular flexibility index (Phi) is 4.10. The first-order chi connectivity index (χ1) is 7.54. The highest BCUT2D eigenvalue weighted by Crippen LogP contribution is 2.42. The predicted octanol–water partition coefficient (Wildman–Crippen LogP) is 1.67. The van der Waals surface area contributed by atoms with Crippen LogP contribution in [0.2, 0.25) is 0 Å². The lowest BCUT2D eigenvalue weighted by atomic mass is 9.68. The standard InChI is InChI=1S/C12H19NO3/c1-3-4-5-9-13(2)10(14)12(11(15)16)7-6-8-12/h3H,1,4-9H2,2H3,(H,15,16). The second kappa shape index (κ2) is 5.14. The van der Waals surface area contributed by atoms with Gasteiger partial charge in [0.2, 0.25) is 5.91 Å². The van der Waals surface area contributed by atoms with E-state index in [-0.39, 0.29) is 5.91 Å². The van der Waals surface area contributed by atoms with Gasteiger partial charge in [0.05, 0.1) is 0 Å². The largest absolute Gasteiger partial charge is 0.480 e. The third-order valence-corrected chi connectivity index (χ3v) is 3.27. The molecule has 0 aromatic rings. The van der Waals surface area contributed by atoms with Gasteiger partial charge in [-0.25, -0.2) is 0 Å². The van der Waals surface area contributed by atoms with Crippen molar-refractivity contribution < 1.29 is 14.7 Å². The van der Waals surface area contributed by atoms with Crippen molar-refractivity contribution in [3.8, 4) is 0 Å². The van der Waals surface area contributed by atoms with Crippen LogP contribution in [0.4, 0.5) is 0 Å². The Hall–Kier alpha value is -1.32. The maximum Gasteiger partial charge on any atom is 0.319 e. The Morgan fingerprint density at radius 2 is 2.12 bits per heavy atom. The molecular weight excluding hydrogens is 206 g/mol. The molecule has 4 heteroatoms. The van der Waals surface area contributed by atoms with Crippen LogP contribution in [0.3, 0.4) is 0 Å². The summed E-state index contributed by atoms with van der Waals surface area (Å²) >= 11 is 0. The van der Waals surface area contributed by atoms with Gasteiger partial charge in [-0.3, -0.25) is 9.59 Å². The number of rotatable bonds is 6. The van der Waals surface area contributed by atoms with Crippen LogP contribution in [-0.2, 0) is 9.59 Å². The highest BCUT2D eigenvalue weighted by atomic mass is 16.4. The Labute approximate surface area is 95.9 Å². The van der Waals surface area contributed by atoms with Gasteiger partial charge in [-0.15, -0.1) is 6.58 Å². The van der Waals surface area contributed by atoms with E-state index in [1.807, 2.05) is 0 Å². The average Bonchev–Trinajstić information content (AvgIpc) is 2.15. The minimum Gasteiger partial charge on any atom is -0.480 e. The van der Waals surface area contributed by atoms with Crippen molar-refractivity contribution in [1.82, 2.24) is 4.90 Å².